The van der Waals surface area contributed by atoms with Gasteiger partial charge in [0, 0.05) is 37.8 Å². The average Bonchev–Trinajstić information content (AvgIpc) is 3.14. The van der Waals surface area contributed by atoms with Crippen LogP contribution >= 0.6 is 0 Å². The van der Waals surface area contributed by atoms with Crippen LogP contribution in [0.4, 0.5) is 0 Å². The van der Waals surface area contributed by atoms with Gasteiger partial charge in [-0.1, -0.05) is 24.3 Å². The summed E-state index contributed by atoms with van der Waals surface area (Å²) in [6.07, 6.45) is 8.60. The summed E-state index contributed by atoms with van der Waals surface area (Å²) < 4.78 is 2.15. The number of aryl methyl sites for hydroxylation is 2. The molecule has 2 aliphatic rings. The number of fused-ring (bicyclic) bond motifs is 2. The highest BCUT2D eigenvalue weighted by atomic mass is 16.1. The van der Waals surface area contributed by atoms with E-state index in [1.54, 1.807) is 0 Å². The number of carbonyl (C=O) groups excluding carboxylic acids is 1. The second kappa shape index (κ2) is 5.59. The van der Waals surface area contributed by atoms with E-state index in [0.717, 1.165) is 38.1 Å². The number of hydrogen-bond donors (Lipinski definition) is 1. The first-order valence-electron chi connectivity index (χ1n) is 8.17. The Morgan fingerprint density at radius 1 is 1.27 bits per heavy atom. The third kappa shape index (κ3) is 2.54. The molecule has 1 aromatic heterocycles. The molecule has 2 atom stereocenters. The van der Waals surface area contributed by atoms with Gasteiger partial charge in [0.2, 0.25) is 5.91 Å². The van der Waals surface area contributed by atoms with Gasteiger partial charge in [0.05, 0.1) is 0 Å². The number of hydrogen-bond acceptors (Lipinski definition) is 2. The van der Waals surface area contributed by atoms with Gasteiger partial charge in [0.25, 0.3) is 0 Å². The minimum Gasteiger partial charge on any atom is -0.352 e. The lowest BCUT2D eigenvalue weighted by Gasteiger charge is -2.25. The minimum absolute atomic E-state index is 0.190. The molecular weight excluding hydrogens is 274 g/mol. The molecule has 0 saturated carbocycles. The molecule has 0 radical (unpaired) electrons. The van der Waals surface area contributed by atoms with Crippen LogP contribution in [0.2, 0.25) is 0 Å². The summed E-state index contributed by atoms with van der Waals surface area (Å²) in [6.45, 7) is 0.850. The highest BCUT2D eigenvalue weighted by Gasteiger charge is 2.26. The standard InChI is InChI=1S/C18H21N3O/c22-18(11-14-6-5-13-3-1-2-4-16(13)14)20-15-7-8-17-19-9-10-21(17)12-15/h1-4,9-10,14-15H,5-8,11-12H2,(H,20,22)/t14-,15+/m1/s1. The Hall–Kier alpha value is -2.10. The van der Waals surface area contributed by atoms with Crippen molar-refractivity contribution in [1.82, 2.24) is 14.9 Å². The Morgan fingerprint density at radius 2 is 2.18 bits per heavy atom. The first kappa shape index (κ1) is 13.6. The largest absolute Gasteiger partial charge is 0.352 e. The Labute approximate surface area is 130 Å². The Balaban J connectivity index is 1.36. The van der Waals surface area contributed by atoms with Crippen molar-refractivity contribution in [2.45, 2.75) is 50.6 Å². The monoisotopic (exact) mass is 295 g/mol. The van der Waals surface area contributed by atoms with E-state index in [1.165, 1.54) is 11.1 Å². The molecule has 2 aromatic rings. The van der Waals surface area contributed by atoms with Crippen LogP contribution in [0, 0.1) is 0 Å². The topological polar surface area (TPSA) is 46.9 Å². The van der Waals surface area contributed by atoms with Crippen molar-refractivity contribution in [1.29, 1.82) is 0 Å². The molecule has 0 spiro atoms. The highest BCUT2D eigenvalue weighted by molar-refractivity contribution is 5.77. The van der Waals surface area contributed by atoms with Crippen LogP contribution < -0.4 is 5.32 Å². The maximum absolute atomic E-state index is 12.4. The van der Waals surface area contributed by atoms with E-state index < -0.39 is 0 Å². The number of nitrogens with zero attached hydrogens (tertiary/aromatic N) is 2. The number of amides is 1. The summed E-state index contributed by atoms with van der Waals surface area (Å²) >= 11 is 0. The number of imidazole rings is 1. The minimum atomic E-state index is 0.190. The molecule has 114 valence electrons. The van der Waals surface area contributed by atoms with E-state index in [9.17, 15) is 4.79 Å². The second-order valence-corrected chi connectivity index (χ2v) is 6.44. The molecule has 1 aliphatic carbocycles. The SMILES string of the molecule is O=C(C[C@H]1CCc2ccccc21)N[C@H]1CCc2nccn2C1. The molecule has 1 N–H and O–H groups in total. The van der Waals surface area contributed by atoms with Crippen molar-refractivity contribution in [3.05, 3.63) is 53.6 Å². The smallest absolute Gasteiger partial charge is 0.220 e. The second-order valence-electron chi connectivity index (χ2n) is 6.44. The lowest BCUT2D eigenvalue weighted by Crippen LogP contribution is -2.41. The zero-order chi connectivity index (χ0) is 14.9. The van der Waals surface area contributed by atoms with Crippen LogP contribution in [-0.2, 0) is 24.2 Å². The van der Waals surface area contributed by atoms with Crippen molar-refractivity contribution >= 4 is 5.91 Å². The lowest BCUT2D eigenvalue weighted by molar-refractivity contribution is -0.122. The van der Waals surface area contributed by atoms with Crippen molar-refractivity contribution in [3.63, 3.8) is 0 Å². The van der Waals surface area contributed by atoms with E-state index in [1.807, 2.05) is 12.4 Å². The van der Waals surface area contributed by atoms with Gasteiger partial charge in [-0.15, -0.1) is 0 Å². The molecule has 4 rings (SSSR count). The quantitative estimate of drug-likeness (QED) is 0.945. The van der Waals surface area contributed by atoms with E-state index >= 15 is 0 Å². The zero-order valence-corrected chi connectivity index (χ0v) is 12.7. The van der Waals surface area contributed by atoms with Gasteiger partial charge < -0.3 is 9.88 Å². The summed E-state index contributed by atoms with van der Waals surface area (Å²) in [7, 11) is 0. The van der Waals surface area contributed by atoms with Crippen molar-refractivity contribution < 1.29 is 4.79 Å². The molecule has 2 heterocycles. The van der Waals surface area contributed by atoms with Crippen molar-refractivity contribution in [3.8, 4) is 0 Å². The van der Waals surface area contributed by atoms with Crippen LogP contribution in [0.1, 0.15) is 42.1 Å². The molecule has 1 amide bonds. The Kier molecular flexibility index (Phi) is 3.45. The molecule has 4 nitrogen and oxygen atoms in total. The van der Waals surface area contributed by atoms with Gasteiger partial charge in [-0.25, -0.2) is 4.98 Å². The number of carbonyl (C=O) groups is 1. The molecule has 1 aliphatic heterocycles. The number of aromatic nitrogens is 2. The van der Waals surface area contributed by atoms with Crippen LogP contribution in [-0.4, -0.2) is 21.5 Å². The summed E-state index contributed by atoms with van der Waals surface area (Å²) in [4.78, 5) is 16.7. The van der Waals surface area contributed by atoms with Gasteiger partial charge in [0.15, 0.2) is 0 Å². The predicted octanol–water partition coefficient (Wildman–Crippen LogP) is 2.43. The maximum atomic E-state index is 12.4. The molecule has 0 saturated heterocycles. The fraction of sp³-hybridized carbons (Fsp3) is 0.444. The lowest BCUT2D eigenvalue weighted by atomic mass is 9.97. The van der Waals surface area contributed by atoms with E-state index in [2.05, 4.69) is 39.1 Å². The van der Waals surface area contributed by atoms with Gasteiger partial charge in [-0.3, -0.25) is 4.79 Å². The van der Waals surface area contributed by atoms with E-state index in [0.29, 0.717) is 12.3 Å². The number of nitrogens with one attached hydrogen (secondary N) is 1. The maximum Gasteiger partial charge on any atom is 0.220 e. The van der Waals surface area contributed by atoms with Crippen molar-refractivity contribution in [2.75, 3.05) is 0 Å². The van der Waals surface area contributed by atoms with Gasteiger partial charge >= 0.3 is 0 Å². The summed E-state index contributed by atoms with van der Waals surface area (Å²) in [6, 6.07) is 8.78. The Bertz CT molecular complexity index is 691. The van der Waals surface area contributed by atoms with Crippen LogP contribution in [0.5, 0.6) is 0 Å². The van der Waals surface area contributed by atoms with Crippen molar-refractivity contribution in [2.24, 2.45) is 0 Å². The average molecular weight is 295 g/mol. The molecule has 22 heavy (non-hydrogen) atoms. The van der Waals surface area contributed by atoms with Gasteiger partial charge in [-0.05, 0) is 36.3 Å². The highest BCUT2D eigenvalue weighted by Crippen LogP contribution is 2.35. The third-order valence-electron chi connectivity index (χ3n) is 4.99. The fourth-order valence-corrected chi connectivity index (χ4v) is 3.85. The first-order chi connectivity index (χ1) is 10.8. The molecule has 1 aromatic carbocycles. The zero-order valence-electron chi connectivity index (χ0n) is 12.7. The molecule has 0 bridgehead atoms. The Morgan fingerprint density at radius 3 is 3.14 bits per heavy atom. The molecular formula is C18H21N3O. The van der Waals surface area contributed by atoms with E-state index in [-0.39, 0.29) is 11.9 Å². The van der Waals surface area contributed by atoms with Gasteiger partial charge in [0.1, 0.15) is 5.82 Å². The summed E-state index contributed by atoms with van der Waals surface area (Å²) in [5.74, 6) is 1.72. The third-order valence-corrected chi connectivity index (χ3v) is 4.99. The van der Waals surface area contributed by atoms with Crippen LogP contribution in [0.25, 0.3) is 0 Å². The molecule has 0 unspecified atom stereocenters. The predicted molar refractivity (Wildman–Crippen MR) is 84.6 cm³/mol. The number of benzene rings is 1. The van der Waals surface area contributed by atoms with E-state index in [4.69, 9.17) is 0 Å². The summed E-state index contributed by atoms with van der Waals surface area (Å²) in [5, 5.41) is 3.22. The van der Waals surface area contributed by atoms with Crippen LogP contribution in [0.3, 0.4) is 0 Å². The first-order valence-corrected chi connectivity index (χ1v) is 8.17. The molecule has 4 heteroatoms. The normalized spacial score (nSPS) is 22.9. The number of rotatable bonds is 3. The van der Waals surface area contributed by atoms with Crippen LogP contribution in [0.15, 0.2) is 36.7 Å². The summed E-state index contributed by atoms with van der Waals surface area (Å²) in [5.41, 5.74) is 2.79. The molecule has 0 fully saturated rings. The fourth-order valence-electron chi connectivity index (χ4n) is 3.85. The van der Waals surface area contributed by atoms with Gasteiger partial charge in [-0.2, -0.15) is 0 Å².